The average Bonchev–Trinajstić information content (AvgIpc) is 3.34. The van der Waals surface area contributed by atoms with Gasteiger partial charge in [-0.05, 0) is 36.4 Å². The summed E-state index contributed by atoms with van der Waals surface area (Å²) in [5.41, 5.74) is 1.72. The number of piperazine rings is 1. The van der Waals surface area contributed by atoms with Crippen LogP contribution in [-0.4, -0.2) is 70.8 Å². The number of nitrogens with one attached hydrogen (secondary N) is 1. The van der Waals surface area contributed by atoms with Crippen LogP contribution in [0.25, 0.3) is 15.5 Å². The summed E-state index contributed by atoms with van der Waals surface area (Å²) >= 11 is 1.28. The third-order valence-corrected chi connectivity index (χ3v) is 7.03. The number of benzene rings is 2. The fourth-order valence-corrected chi connectivity index (χ4v) is 5.03. The van der Waals surface area contributed by atoms with Crippen molar-refractivity contribution >= 4 is 28.0 Å². The lowest BCUT2D eigenvalue weighted by Crippen LogP contribution is -2.49. The van der Waals surface area contributed by atoms with Crippen LogP contribution in [0.4, 0.5) is 14.9 Å². The Balaban J connectivity index is 1.21. The first-order valence-corrected chi connectivity index (χ1v) is 12.4. The maximum Gasteiger partial charge on any atom is 0.321 e. The molecule has 12 heteroatoms. The molecule has 0 bridgehead atoms. The van der Waals surface area contributed by atoms with E-state index in [1.54, 1.807) is 49.5 Å². The first-order chi connectivity index (χ1) is 17.9. The van der Waals surface area contributed by atoms with E-state index >= 15 is 0 Å². The largest absolute Gasteiger partial charge is 0.493 e. The minimum Gasteiger partial charge on any atom is -0.493 e. The van der Waals surface area contributed by atoms with Gasteiger partial charge >= 0.3 is 6.03 Å². The van der Waals surface area contributed by atoms with Gasteiger partial charge in [-0.2, -0.15) is 9.61 Å². The Morgan fingerprint density at radius 1 is 1.03 bits per heavy atom. The number of halogens is 1. The Kier molecular flexibility index (Phi) is 7.01. The molecule has 0 radical (unpaired) electrons. The molecule has 2 amide bonds. The van der Waals surface area contributed by atoms with Crippen LogP contribution >= 0.6 is 11.3 Å². The smallest absolute Gasteiger partial charge is 0.321 e. The Morgan fingerprint density at radius 2 is 1.76 bits per heavy atom. The molecule has 2 aromatic carbocycles. The molecule has 3 heterocycles. The molecule has 4 aromatic rings. The summed E-state index contributed by atoms with van der Waals surface area (Å²) in [6, 6.07) is 12.5. The zero-order valence-corrected chi connectivity index (χ0v) is 21.1. The number of carbonyl (C=O) groups excluding carboxylic acids is 1. The topological polar surface area (TPSA) is 101 Å². The van der Waals surface area contributed by atoms with Crippen LogP contribution < -0.4 is 20.3 Å². The van der Waals surface area contributed by atoms with Crippen LogP contribution in [0.1, 0.15) is 5.69 Å². The molecule has 2 aromatic heterocycles. The second-order valence-corrected chi connectivity index (χ2v) is 9.41. The molecule has 1 aliphatic rings. The van der Waals surface area contributed by atoms with E-state index in [1.165, 1.54) is 34.1 Å². The molecule has 10 nitrogen and oxygen atoms in total. The van der Waals surface area contributed by atoms with Crippen LogP contribution in [-0.2, 0) is 6.54 Å². The van der Waals surface area contributed by atoms with Gasteiger partial charge < -0.3 is 19.7 Å². The quantitative estimate of drug-likeness (QED) is 0.413. The maximum atomic E-state index is 13.2. The summed E-state index contributed by atoms with van der Waals surface area (Å²) in [5, 5.41) is 7.83. The molecule has 0 unspecified atom stereocenters. The number of hydrogen-bond donors (Lipinski definition) is 1. The summed E-state index contributed by atoms with van der Waals surface area (Å²) in [4.78, 5) is 34.4. The summed E-state index contributed by atoms with van der Waals surface area (Å²) < 4.78 is 25.0. The van der Waals surface area contributed by atoms with Crippen LogP contribution in [0, 0.1) is 5.82 Å². The van der Waals surface area contributed by atoms with E-state index in [0.717, 1.165) is 5.56 Å². The van der Waals surface area contributed by atoms with Crippen molar-refractivity contribution < 1.29 is 18.7 Å². The highest BCUT2D eigenvalue weighted by Crippen LogP contribution is 2.30. The lowest BCUT2D eigenvalue weighted by Gasteiger charge is -2.34. The summed E-state index contributed by atoms with van der Waals surface area (Å²) in [6.07, 6.45) is 0. The van der Waals surface area contributed by atoms with E-state index in [1.807, 2.05) is 0 Å². The van der Waals surface area contributed by atoms with E-state index in [9.17, 15) is 14.0 Å². The molecular formula is C25H25FN6O4S. The molecule has 192 valence electrons. The van der Waals surface area contributed by atoms with Gasteiger partial charge in [0.2, 0.25) is 4.96 Å². The number of aromatic nitrogens is 3. The SMILES string of the molecule is COc1ccc(NC(=O)N2CCN(Cc3cc(=O)n4nc(-c5ccc(F)cc5)sc4n3)CC2)cc1OC. The summed E-state index contributed by atoms with van der Waals surface area (Å²) in [5.74, 6) is 0.794. The van der Waals surface area contributed by atoms with Crippen LogP contribution in [0.2, 0.25) is 0 Å². The minimum atomic E-state index is -0.332. The van der Waals surface area contributed by atoms with Crippen LogP contribution in [0.3, 0.4) is 0 Å². The highest BCUT2D eigenvalue weighted by molar-refractivity contribution is 7.19. The van der Waals surface area contributed by atoms with Gasteiger partial charge in [0.05, 0.1) is 19.9 Å². The highest BCUT2D eigenvalue weighted by Gasteiger charge is 2.22. The predicted molar refractivity (Wildman–Crippen MR) is 138 cm³/mol. The monoisotopic (exact) mass is 524 g/mol. The first-order valence-electron chi connectivity index (χ1n) is 11.6. The van der Waals surface area contributed by atoms with Crippen molar-refractivity contribution in [3.05, 3.63) is 70.4 Å². The molecule has 5 rings (SSSR count). The number of anilines is 1. The Bertz CT molecular complexity index is 1480. The molecular weight excluding hydrogens is 499 g/mol. The van der Waals surface area contributed by atoms with Gasteiger partial charge in [-0.1, -0.05) is 11.3 Å². The van der Waals surface area contributed by atoms with Gasteiger partial charge in [-0.3, -0.25) is 9.69 Å². The Morgan fingerprint density at radius 3 is 2.46 bits per heavy atom. The van der Waals surface area contributed by atoms with Gasteiger partial charge in [0.25, 0.3) is 5.56 Å². The second-order valence-electron chi connectivity index (χ2n) is 8.46. The number of nitrogens with zero attached hydrogens (tertiary/aromatic N) is 5. The molecule has 1 saturated heterocycles. The third kappa shape index (κ3) is 5.39. The van der Waals surface area contributed by atoms with Gasteiger partial charge in [0.15, 0.2) is 11.5 Å². The highest BCUT2D eigenvalue weighted by atomic mass is 32.1. The molecule has 1 fully saturated rings. The van der Waals surface area contributed by atoms with E-state index < -0.39 is 0 Å². The average molecular weight is 525 g/mol. The Hall–Kier alpha value is -4.03. The van der Waals surface area contributed by atoms with E-state index in [-0.39, 0.29) is 17.4 Å². The maximum absolute atomic E-state index is 13.2. The number of carbonyl (C=O) groups is 1. The van der Waals surface area contributed by atoms with Gasteiger partial charge in [-0.25, -0.2) is 14.2 Å². The van der Waals surface area contributed by atoms with Crippen molar-refractivity contribution in [2.45, 2.75) is 6.54 Å². The van der Waals surface area contributed by atoms with Crippen molar-refractivity contribution in [1.29, 1.82) is 0 Å². The normalized spacial score (nSPS) is 14.1. The van der Waals surface area contributed by atoms with Crippen LogP contribution in [0.5, 0.6) is 11.5 Å². The van der Waals surface area contributed by atoms with Crippen molar-refractivity contribution in [2.24, 2.45) is 0 Å². The molecule has 0 aliphatic carbocycles. The number of hydrogen-bond acceptors (Lipinski definition) is 8. The van der Waals surface area contributed by atoms with Crippen molar-refractivity contribution in [3.8, 4) is 22.1 Å². The number of ether oxygens (including phenoxy) is 2. The van der Waals surface area contributed by atoms with Gasteiger partial charge in [0, 0.05) is 56.1 Å². The van der Waals surface area contributed by atoms with Gasteiger partial charge in [-0.15, -0.1) is 0 Å². The van der Waals surface area contributed by atoms with E-state index in [4.69, 9.17) is 9.47 Å². The third-order valence-electron chi connectivity index (χ3n) is 6.07. The molecule has 0 atom stereocenters. The number of rotatable bonds is 6. The van der Waals surface area contributed by atoms with E-state index in [0.29, 0.717) is 65.6 Å². The fourth-order valence-electron chi connectivity index (χ4n) is 4.10. The summed E-state index contributed by atoms with van der Waals surface area (Å²) in [6.45, 7) is 2.85. The molecule has 0 spiro atoms. The van der Waals surface area contributed by atoms with Crippen molar-refractivity contribution in [1.82, 2.24) is 24.4 Å². The van der Waals surface area contributed by atoms with Gasteiger partial charge in [0.1, 0.15) is 10.8 Å². The zero-order chi connectivity index (χ0) is 25.9. The zero-order valence-electron chi connectivity index (χ0n) is 20.3. The van der Waals surface area contributed by atoms with Crippen molar-refractivity contribution in [2.75, 3.05) is 45.7 Å². The number of amides is 2. The number of methoxy groups -OCH3 is 2. The number of urea groups is 1. The Labute approximate surface area is 215 Å². The van der Waals surface area contributed by atoms with Crippen molar-refractivity contribution in [3.63, 3.8) is 0 Å². The molecule has 1 N–H and O–H groups in total. The molecule has 0 saturated carbocycles. The first kappa shape index (κ1) is 24.7. The molecule has 37 heavy (non-hydrogen) atoms. The lowest BCUT2D eigenvalue weighted by atomic mass is 10.2. The van der Waals surface area contributed by atoms with E-state index in [2.05, 4.69) is 20.3 Å². The second kappa shape index (κ2) is 10.5. The molecule has 1 aliphatic heterocycles. The fraction of sp³-hybridized carbons (Fsp3) is 0.280. The standard InChI is InChI=1S/C25H25FN6O4S/c1-35-20-8-7-18(13-21(20)36-2)27-24(34)31-11-9-30(10-12-31)15-19-14-22(33)32-25(28-19)37-23(29-32)16-3-5-17(26)6-4-16/h3-8,13-14H,9-12,15H2,1-2H3,(H,27,34). The van der Waals surface area contributed by atoms with Crippen LogP contribution in [0.15, 0.2) is 53.3 Å². The number of fused-ring (bicyclic) bond motifs is 1. The summed E-state index contributed by atoms with van der Waals surface area (Å²) in [7, 11) is 3.10. The lowest BCUT2D eigenvalue weighted by molar-refractivity contribution is 0.142. The predicted octanol–water partition coefficient (Wildman–Crippen LogP) is 3.32. The minimum absolute atomic E-state index is 0.192.